The quantitative estimate of drug-likeness (QED) is 0.693. The molecule has 2 fully saturated rings. The van der Waals surface area contributed by atoms with Gasteiger partial charge in [-0.15, -0.1) is 6.42 Å². The Morgan fingerprint density at radius 2 is 1.94 bits per heavy atom. The molecule has 18 heavy (non-hydrogen) atoms. The zero-order valence-electron chi connectivity index (χ0n) is 12.4. The molecule has 2 rings (SSSR count). The fraction of sp³-hybridized carbons (Fsp3) is 0.875. The van der Waals surface area contributed by atoms with Crippen molar-refractivity contribution in [1.82, 2.24) is 9.80 Å². The van der Waals surface area contributed by atoms with Crippen molar-refractivity contribution in [1.29, 1.82) is 0 Å². The number of hydrogen-bond donors (Lipinski definition) is 0. The summed E-state index contributed by atoms with van der Waals surface area (Å²) in [5.74, 6) is 3.67. The van der Waals surface area contributed by atoms with Crippen molar-refractivity contribution < 1.29 is 0 Å². The molecule has 0 spiro atoms. The van der Waals surface area contributed by atoms with Gasteiger partial charge in [-0.2, -0.15) is 0 Å². The molecule has 2 unspecified atom stereocenters. The smallest absolute Gasteiger partial charge is 0.0769 e. The summed E-state index contributed by atoms with van der Waals surface area (Å²) in [6.45, 7) is 12.7. The van der Waals surface area contributed by atoms with Gasteiger partial charge >= 0.3 is 0 Å². The predicted molar refractivity (Wildman–Crippen MR) is 77.5 cm³/mol. The van der Waals surface area contributed by atoms with Crippen molar-refractivity contribution in [2.45, 2.75) is 64.6 Å². The highest BCUT2D eigenvalue weighted by molar-refractivity contribution is 5.12. The SMILES string of the molecule is C#CC(C)(C)N1CC2CCCCN2CC1C(C)C. The van der Waals surface area contributed by atoms with Crippen LogP contribution in [0.4, 0.5) is 0 Å². The van der Waals surface area contributed by atoms with E-state index in [1.54, 1.807) is 0 Å². The van der Waals surface area contributed by atoms with Gasteiger partial charge in [0.15, 0.2) is 0 Å². The van der Waals surface area contributed by atoms with E-state index in [1.165, 1.54) is 32.4 Å². The number of terminal acetylenes is 1. The zero-order chi connectivity index (χ0) is 13.3. The Morgan fingerprint density at radius 3 is 2.56 bits per heavy atom. The molecule has 0 amide bonds. The van der Waals surface area contributed by atoms with Gasteiger partial charge in [0.25, 0.3) is 0 Å². The summed E-state index contributed by atoms with van der Waals surface area (Å²) in [5.41, 5.74) is -0.113. The van der Waals surface area contributed by atoms with E-state index < -0.39 is 0 Å². The molecule has 0 aromatic rings. The molecule has 2 aliphatic rings. The lowest BCUT2D eigenvalue weighted by Gasteiger charge is -2.53. The molecule has 2 aliphatic heterocycles. The van der Waals surface area contributed by atoms with E-state index in [4.69, 9.17) is 6.42 Å². The number of piperidine rings is 1. The molecule has 0 N–H and O–H groups in total. The zero-order valence-corrected chi connectivity index (χ0v) is 12.4. The van der Waals surface area contributed by atoms with Gasteiger partial charge in [-0.3, -0.25) is 9.80 Å². The number of nitrogens with zero attached hydrogens (tertiary/aromatic N) is 2. The Hall–Kier alpha value is -0.520. The first-order valence-electron chi connectivity index (χ1n) is 7.44. The third kappa shape index (κ3) is 2.58. The molecule has 2 heterocycles. The van der Waals surface area contributed by atoms with Crippen molar-refractivity contribution in [2.75, 3.05) is 19.6 Å². The molecule has 0 aromatic carbocycles. The molecular formula is C16H28N2. The first kappa shape index (κ1) is 13.9. The monoisotopic (exact) mass is 248 g/mol. The van der Waals surface area contributed by atoms with Crippen LogP contribution in [0, 0.1) is 18.3 Å². The van der Waals surface area contributed by atoms with Crippen LogP contribution in [0.5, 0.6) is 0 Å². The van der Waals surface area contributed by atoms with Crippen molar-refractivity contribution in [3.8, 4) is 12.3 Å². The average Bonchev–Trinajstić information content (AvgIpc) is 2.37. The molecule has 0 radical (unpaired) electrons. The molecule has 0 bridgehead atoms. The summed E-state index contributed by atoms with van der Waals surface area (Å²) in [4.78, 5) is 5.29. The summed E-state index contributed by atoms with van der Waals surface area (Å²) >= 11 is 0. The summed E-state index contributed by atoms with van der Waals surface area (Å²) in [7, 11) is 0. The van der Waals surface area contributed by atoms with Crippen LogP contribution in [0.1, 0.15) is 47.0 Å². The minimum Gasteiger partial charge on any atom is -0.298 e. The van der Waals surface area contributed by atoms with Crippen LogP contribution < -0.4 is 0 Å². The van der Waals surface area contributed by atoms with E-state index in [1.807, 2.05) is 0 Å². The van der Waals surface area contributed by atoms with Crippen LogP contribution in [0.15, 0.2) is 0 Å². The number of rotatable bonds is 2. The summed E-state index contributed by atoms with van der Waals surface area (Å²) in [5, 5.41) is 0. The average molecular weight is 248 g/mol. The lowest BCUT2D eigenvalue weighted by Crippen LogP contribution is -2.65. The second-order valence-electron chi connectivity index (χ2n) is 6.81. The number of hydrogen-bond acceptors (Lipinski definition) is 2. The van der Waals surface area contributed by atoms with Crippen LogP contribution in [-0.4, -0.2) is 47.1 Å². The second-order valence-corrected chi connectivity index (χ2v) is 6.81. The maximum atomic E-state index is 5.76. The molecule has 2 nitrogen and oxygen atoms in total. The largest absolute Gasteiger partial charge is 0.298 e. The molecule has 2 atom stereocenters. The third-order valence-electron chi connectivity index (χ3n) is 4.82. The molecule has 2 heteroatoms. The minimum atomic E-state index is -0.113. The molecule has 2 saturated heterocycles. The number of piperazine rings is 1. The van der Waals surface area contributed by atoms with Gasteiger partial charge in [0, 0.05) is 25.2 Å². The Bertz CT molecular complexity index is 326. The van der Waals surface area contributed by atoms with Gasteiger partial charge in [-0.25, -0.2) is 0 Å². The molecule has 0 aromatic heterocycles. The van der Waals surface area contributed by atoms with E-state index in [0.29, 0.717) is 12.0 Å². The van der Waals surface area contributed by atoms with Gasteiger partial charge in [0.05, 0.1) is 5.54 Å². The van der Waals surface area contributed by atoms with Crippen LogP contribution in [0.25, 0.3) is 0 Å². The van der Waals surface area contributed by atoms with Gasteiger partial charge in [0.1, 0.15) is 0 Å². The minimum absolute atomic E-state index is 0.113. The van der Waals surface area contributed by atoms with Crippen molar-refractivity contribution in [3.63, 3.8) is 0 Å². The normalized spacial score (nSPS) is 31.1. The molecule has 0 aliphatic carbocycles. The Labute approximate surface area is 113 Å². The van der Waals surface area contributed by atoms with Gasteiger partial charge < -0.3 is 0 Å². The highest BCUT2D eigenvalue weighted by Gasteiger charge is 2.41. The lowest BCUT2D eigenvalue weighted by molar-refractivity contribution is -0.0398. The van der Waals surface area contributed by atoms with Gasteiger partial charge in [0.2, 0.25) is 0 Å². The summed E-state index contributed by atoms with van der Waals surface area (Å²) in [6, 6.07) is 1.34. The van der Waals surface area contributed by atoms with Crippen molar-refractivity contribution >= 4 is 0 Å². The topological polar surface area (TPSA) is 6.48 Å². The van der Waals surface area contributed by atoms with Crippen molar-refractivity contribution in [2.24, 2.45) is 5.92 Å². The van der Waals surface area contributed by atoms with Crippen LogP contribution in [-0.2, 0) is 0 Å². The first-order valence-corrected chi connectivity index (χ1v) is 7.44. The van der Waals surface area contributed by atoms with E-state index >= 15 is 0 Å². The fourth-order valence-corrected chi connectivity index (χ4v) is 3.50. The first-order chi connectivity index (χ1) is 8.45. The highest BCUT2D eigenvalue weighted by atomic mass is 15.3. The summed E-state index contributed by atoms with van der Waals surface area (Å²) < 4.78 is 0. The maximum Gasteiger partial charge on any atom is 0.0769 e. The maximum absolute atomic E-state index is 5.76. The standard InChI is InChI=1S/C16H28N2/c1-6-16(4,5)18-11-14-9-7-8-10-17(14)12-15(18)13(2)3/h1,13-15H,7-12H2,2-5H3. The van der Waals surface area contributed by atoms with Crippen LogP contribution in [0.3, 0.4) is 0 Å². The number of fused-ring (bicyclic) bond motifs is 1. The van der Waals surface area contributed by atoms with Crippen molar-refractivity contribution in [3.05, 3.63) is 0 Å². The third-order valence-corrected chi connectivity index (χ3v) is 4.82. The fourth-order valence-electron chi connectivity index (χ4n) is 3.50. The van der Waals surface area contributed by atoms with Gasteiger partial charge in [-0.1, -0.05) is 26.2 Å². The van der Waals surface area contributed by atoms with E-state index in [9.17, 15) is 0 Å². The van der Waals surface area contributed by atoms with Crippen LogP contribution >= 0.6 is 0 Å². The van der Waals surface area contributed by atoms with E-state index in [2.05, 4.69) is 43.4 Å². The molecule has 0 saturated carbocycles. The van der Waals surface area contributed by atoms with Crippen LogP contribution in [0.2, 0.25) is 0 Å². The molecular weight excluding hydrogens is 220 g/mol. The lowest BCUT2D eigenvalue weighted by atomic mass is 9.88. The summed E-state index contributed by atoms with van der Waals surface area (Å²) in [6.07, 6.45) is 9.87. The Kier molecular flexibility index (Phi) is 4.04. The second kappa shape index (κ2) is 5.23. The van der Waals surface area contributed by atoms with E-state index in [0.717, 1.165) is 12.6 Å². The highest BCUT2D eigenvalue weighted by Crippen LogP contribution is 2.31. The molecule has 102 valence electrons. The van der Waals surface area contributed by atoms with Gasteiger partial charge in [-0.05, 0) is 39.2 Å². The Morgan fingerprint density at radius 1 is 1.22 bits per heavy atom. The van der Waals surface area contributed by atoms with E-state index in [-0.39, 0.29) is 5.54 Å². The Balaban J connectivity index is 2.18. The predicted octanol–water partition coefficient (Wildman–Crippen LogP) is 2.59.